The van der Waals surface area contributed by atoms with Crippen molar-refractivity contribution in [3.05, 3.63) is 29.3 Å². The zero-order chi connectivity index (χ0) is 15.5. The number of amides is 1. The molecule has 1 aromatic carbocycles. The Morgan fingerprint density at radius 1 is 1.18 bits per heavy atom. The third-order valence-electron chi connectivity index (χ3n) is 6.07. The highest BCUT2D eigenvalue weighted by molar-refractivity contribution is 6.10. The molecular weight excluding hydrogens is 276 g/mol. The van der Waals surface area contributed by atoms with Crippen LogP contribution in [0.3, 0.4) is 0 Å². The van der Waals surface area contributed by atoms with Crippen molar-refractivity contribution in [2.45, 2.75) is 44.6 Å². The highest BCUT2D eigenvalue weighted by Crippen LogP contribution is 2.61. The average molecular weight is 298 g/mol. The molecule has 2 heterocycles. The molecule has 2 fully saturated rings. The summed E-state index contributed by atoms with van der Waals surface area (Å²) in [6.07, 6.45) is 4.24. The molecule has 2 atom stereocenters. The van der Waals surface area contributed by atoms with Crippen LogP contribution in [0.5, 0.6) is 0 Å². The first-order valence-corrected chi connectivity index (χ1v) is 8.19. The molecule has 1 aliphatic carbocycles. The van der Waals surface area contributed by atoms with Crippen molar-refractivity contribution in [2.75, 3.05) is 18.9 Å². The lowest BCUT2D eigenvalue weighted by Crippen LogP contribution is -2.58. The molecule has 0 radical (unpaired) electrons. The topological polar surface area (TPSA) is 49.4 Å². The molecular formula is C18H22N2O2. The molecule has 2 aliphatic heterocycles. The number of nitrogens with zero attached hydrogens (tertiary/aromatic N) is 1. The van der Waals surface area contributed by atoms with Gasteiger partial charge in [0, 0.05) is 24.2 Å². The Labute approximate surface area is 130 Å². The average Bonchev–Trinajstić information content (AvgIpc) is 2.95. The van der Waals surface area contributed by atoms with Crippen molar-refractivity contribution in [1.82, 2.24) is 4.90 Å². The number of carbonyl (C=O) groups excluding carboxylic acids is 2. The zero-order valence-electron chi connectivity index (χ0n) is 13.2. The fourth-order valence-corrected chi connectivity index (χ4v) is 5.07. The van der Waals surface area contributed by atoms with Crippen LogP contribution in [-0.2, 0) is 15.1 Å². The minimum absolute atomic E-state index is 0.0108. The smallest absolute Gasteiger partial charge is 0.250 e. The van der Waals surface area contributed by atoms with Gasteiger partial charge in [-0.05, 0) is 39.3 Å². The van der Waals surface area contributed by atoms with E-state index < -0.39 is 11.0 Å². The molecule has 1 saturated heterocycles. The van der Waals surface area contributed by atoms with Gasteiger partial charge in [-0.25, -0.2) is 0 Å². The number of benzene rings is 1. The number of anilines is 1. The Bertz CT molecular complexity index is 680. The molecule has 3 aliphatic rings. The molecule has 4 nitrogen and oxygen atoms in total. The second-order valence-electron chi connectivity index (χ2n) is 7.10. The molecule has 4 rings (SSSR count). The monoisotopic (exact) mass is 298 g/mol. The summed E-state index contributed by atoms with van der Waals surface area (Å²) < 4.78 is 0. The van der Waals surface area contributed by atoms with Crippen LogP contribution in [0, 0.1) is 12.3 Å². The molecule has 116 valence electrons. The van der Waals surface area contributed by atoms with Crippen LogP contribution < -0.4 is 5.32 Å². The van der Waals surface area contributed by atoms with E-state index in [2.05, 4.69) is 16.3 Å². The van der Waals surface area contributed by atoms with Crippen LogP contribution in [0.15, 0.2) is 18.2 Å². The van der Waals surface area contributed by atoms with Crippen molar-refractivity contribution in [1.29, 1.82) is 0 Å². The second kappa shape index (κ2) is 4.42. The normalized spacial score (nSPS) is 34.5. The molecule has 0 bridgehead atoms. The number of likely N-dealkylation sites (N-methyl/N-ethyl adjacent to an activating group) is 1. The quantitative estimate of drug-likeness (QED) is 0.801. The molecule has 2 unspecified atom stereocenters. The van der Waals surface area contributed by atoms with E-state index in [0.29, 0.717) is 6.42 Å². The van der Waals surface area contributed by atoms with Gasteiger partial charge >= 0.3 is 0 Å². The minimum Gasteiger partial charge on any atom is -0.324 e. The number of aryl methyl sites for hydroxylation is 1. The molecule has 1 saturated carbocycles. The van der Waals surface area contributed by atoms with Crippen molar-refractivity contribution < 1.29 is 9.59 Å². The summed E-state index contributed by atoms with van der Waals surface area (Å²) >= 11 is 0. The van der Waals surface area contributed by atoms with Gasteiger partial charge < -0.3 is 5.32 Å². The highest BCUT2D eigenvalue weighted by Gasteiger charge is 2.69. The number of ketones is 1. The number of nitrogens with one attached hydrogen (secondary N) is 1. The van der Waals surface area contributed by atoms with Crippen LogP contribution in [-0.4, -0.2) is 30.2 Å². The molecule has 4 heteroatoms. The summed E-state index contributed by atoms with van der Waals surface area (Å²) in [5, 5.41) is 3.05. The largest absolute Gasteiger partial charge is 0.324 e. The predicted molar refractivity (Wildman–Crippen MR) is 84.6 cm³/mol. The highest BCUT2D eigenvalue weighted by atomic mass is 16.2. The van der Waals surface area contributed by atoms with Crippen LogP contribution >= 0.6 is 0 Å². The van der Waals surface area contributed by atoms with Gasteiger partial charge in [0.25, 0.3) is 5.91 Å². The van der Waals surface area contributed by atoms with Gasteiger partial charge in [-0.2, -0.15) is 0 Å². The lowest BCUT2D eigenvalue weighted by atomic mass is 9.59. The Hall–Kier alpha value is -1.68. The number of hydrogen-bond donors (Lipinski definition) is 1. The Balaban J connectivity index is 2.00. The fraction of sp³-hybridized carbons (Fsp3) is 0.556. The van der Waals surface area contributed by atoms with Gasteiger partial charge in [-0.1, -0.05) is 24.1 Å². The molecule has 22 heavy (non-hydrogen) atoms. The van der Waals surface area contributed by atoms with Gasteiger partial charge in [0.2, 0.25) is 0 Å². The minimum atomic E-state index is -0.800. The number of carbonyl (C=O) groups is 2. The maximum absolute atomic E-state index is 13.1. The van der Waals surface area contributed by atoms with Crippen molar-refractivity contribution in [3.8, 4) is 0 Å². The summed E-state index contributed by atoms with van der Waals surface area (Å²) in [6, 6.07) is 6.09. The zero-order valence-corrected chi connectivity index (χ0v) is 13.2. The summed E-state index contributed by atoms with van der Waals surface area (Å²) in [5.74, 6) is 0.274. The van der Waals surface area contributed by atoms with E-state index in [4.69, 9.17) is 0 Å². The number of hydrogen-bond acceptors (Lipinski definition) is 3. The number of rotatable bonds is 0. The van der Waals surface area contributed by atoms with Crippen LogP contribution in [0.4, 0.5) is 5.69 Å². The Kier molecular flexibility index (Phi) is 2.80. The van der Waals surface area contributed by atoms with Crippen LogP contribution in [0.25, 0.3) is 0 Å². The van der Waals surface area contributed by atoms with Gasteiger partial charge in [0.15, 0.2) is 0 Å². The van der Waals surface area contributed by atoms with Crippen molar-refractivity contribution in [2.24, 2.45) is 5.41 Å². The molecule has 0 aromatic heterocycles. The maximum atomic E-state index is 13.1. The maximum Gasteiger partial charge on any atom is 0.250 e. The van der Waals surface area contributed by atoms with E-state index in [1.807, 2.05) is 26.1 Å². The van der Waals surface area contributed by atoms with E-state index >= 15 is 0 Å². The summed E-state index contributed by atoms with van der Waals surface area (Å²) in [4.78, 5) is 28.2. The molecule has 1 amide bonds. The third-order valence-corrected chi connectivity index (χ3v) is 6.07. The lowest BCUT2D eigenvalue weighted by molar-refractivity contribution is -0.147. The van der Waals surface area contributed by atoms with E-state index in [9.17, 15) is 9.59 Å². The molecule has 1 aromatic rings. The van der Waals surface area contributed by atoms with Crippen LogP contribution in [0.2, 0.25) is 0 Å². The van der Waals surface area contributed by atoms with Gasteiger partial charge in [0.05, 0.1) is 5.41 Å². The first-order chi connectivity index (χ1) is 10.5. The van der Waals surface area contributed by atoms with Gasteiger partial charge in [0.1, 0.15) is 11.3 Å². The van der Waals surface area contributed by atoms with Crippen LogP contribution in [0.1, 0.15) is 43.2 Å². The van der Waals surface area contributed by atoms with Crippen molar-refractivity contribution in [3.63, 3.8) is 0 Å². The lowest BCUT2D eigenvalue weighted by Gasteiger charge is -2.45. The Morgan fingerprint density at radius 2 is 2.00 bits per heavy atom. The van der Waals surface area contributed by atoms with Gasteiger partial charge in [-0.3, -0.25) is 14.5 Å². The third kappa shape index (κ3) is 1.42. The summed E-state index contributed by atoms with van der Waals surface area (Å²) in [6.45, 7) is 2.84. The first kappa shape index (κ1) is 13.9. The van der Waals surface area contributed by atoms with Crippen molar-refractivity contribution >= 4 is 17.4 Å². The van der Waals surface area contributed by atoms with E-state index in [-0.39, 0.29) is 11.7 Å². The first-order valence-electron chi connectivity index (χ1n) is 8.19. The summed E-state index contributed by atoms with van der Waals surface area (Å²) in [5.41, 5.74) is 1.68. The fourth-order valence-electron chi connectivity index (χ4n) is 5.07. The molecule has 2 spiro atoms. The predicted octanol–water partition coefficient (Wildman–Crippen LogP) is 2.61. The SMILES string of the molecule is Cc1ccc2c(c1)C1(C(=O)N2)N(C)CCC12CCCCC2=O. The van der Waals surface area contributed by atoms with Gasteiger partial charge in [-0.15, -0.1) is 0 Å². The number of fused-ring (bicyclic) bond motifs is 3. The Morgan fingerprint density at radius 3 is 2.77 bits per heavy atom. The second-order valence-corrected chi connectivity index (χ2v) is 7.10. The molecule has 1 N–H and O–H groups in total. The standard InChI is InChI=1S/C18H22N2O2/c1-12-6-7-14-13(11-12)18(16(22)19-14)17(9-10-20(18)2)8-4-3-5-15(17)21/h6-7,11H,3-5,8-10H2,1-2H3,(H,19,22). The van der Waals surface area contributed by atoms with E-state index in [1.54, 1.807) is 0 Å². The summed E-state index contributed by atoms with van der Waals surface area (Å²) in [7, 11) is 1.99. The number of likely N-dealkylation sites (tertiary alicyclic amines) is 1. The van der Waals surface area contributed by atoms with E-state index in [1.165, 1.54) is 0 Å². The number of Topliss-reactive ketones (excluding diaryl/α,β-unsaturated/α-hetero) is 1. The van der Waals surface area contributed by atoms with E-state index in [0.717, 1.165) is 49.0 Å².